The van der Waals surface area contributed by atoms with Crippen molar-refractivity contribution in [2.45, 2.75) is 26.3 Å². The quantitative estimate of drug-likeness (QED) is 0.769. The second-order valence-electron chi connectivity index (χ2n) is 4.91. The summed E-state index contributed by atoms with van der Waals surface area (Å²) in [6.45, 7) is 5.39. The predicted octanol–water partition coefficient (Wildman–Crippen LogP) is 4.24. The second kappa shape index (κ2) is 6.36. The third kappa shape index (κ3) is 3.71. The first-order chi connectivity index (χ1) is 8.75. The molecule has 0 aliphatic rings. The highest BCUT2D eigenvalue weighted by Crippen LogP contribution is 2.16. The van der Waals surface area contributed by atoms with E-state index in [0.29, 0.717) is 6.04 Å². The van der Waals surface area contributed by atoms with Crippen molar-refractivity contribution in [3.8, 4) is 0 Å². The van der Waals surface area contributed by atoms with E-state index in [2.05, 4.69) is 73.8 Å². The molecule has 0 amide bonds. The van der Waals surface area contributed by atoms with Crippen LogP contribution in [0, 0.1) is 0 Å². The van der Waals surface area contributed by atoms with Crippen LogP contribution in [0.5, 0.6) is 0 Å². The van der Waals surface area contributed by atoms with Gasteiger partial charge in [0.25, 0.3) is 0 Å². The molecule has 0 saturated carbocycles. The van der Waals surface area contributed by atoms with E-state index in [9.17, 15) is 0 Å². The summed E-state index contributed by atoms with van der Waals surface area (Å²) in [5.74, 6) is 0. The lowest BCUT2D eigenvalue weighted by Crippen LogP contribution is -2.23. The van der Waals surface area contributed by atoms with Crippen LogP contribution in [-0.4, -0.2) is 12.6 Å². The van der Waals surface area contributed by atoms with Crippen LogP contribution in [0.2, 0.25) is 0 Å². The molecule has 0 aliphatic carbocycles. The standard InChI is InChI=1S/C17H21N/c1-14(2)18-12-6-5-7-15-10-11-16-8-3-4-9-17(16)13-15/h3-5,7-11,13-14,18H,6,12H2,1-2H3. The zero-order valence-electron chi connectivity index (χ0n) is 11.2. The molecule has 0 spiro atoms. The van der Waals surface area contributed by atoms with Gasteiger partial charge in [-0.2, -0.15) is 0 Å². The normalized spacial score (nSPS) is 11.7. The zero-order valence-corrected chi connectivity index (χ0v) is 11.2. The predicted molar refractivity (Wildman–Crippen MR) is 80.7 cm³/mol. The summed E-state index contributed by atoms with van der Waals surface area (Å²) < 4.78 is 0. The van der Waals surface area contributed by atoms with E-state index in [1.807, 2.05) is 0 Å². The minimum Gasteiger partial charge on any atom is -0.314 e. The number of hydrogen-bond donors (Lipinski definition) is 1. The van der Waals surface area contributed by atoms with Gasteiger partial charge in [0.1, 0.15) is 0 Å². The molecular formula is C17H21N. The van der Waals surface area contributed by atoms with Crippen LogP contribution in [0.15, 0.2) is 48.5 Å². The van der Waals surface area contributed by atoms with Crippen LogP contribution < -0.4 is 5.32 Å². The highest BCUT2D eigenvalue weighted by molar-refractivity contribution is 5.84. The Morgan fingerprint density at radius 3 is 2.61 bits per heavy atom. The number of fused-ring (bicyclic) bond motifs is 1. The molecular weight excluding hydrogens is 218 g/mol. The van der Waals surface area contributed by atoms with Crippen LogP contribution in [0.4, 0.5) is 0 Å². The second-order valence-corrected chi connectivity index (χ2v) is 4.91. The lowest BCUT2D eigenvalue weighted by molar-refractivity contribution is 0.595. The van der Waals surface area contributed by atoms with E-state index in [0.717, 1.165) is 13.0 Å². The van der Waals surface area contributed by atoms with Crippen molar-refractivity contribution in [2.24, 2.45) is 0 Å². The fourth-order valence-corrected chi connectivity index (χ4v) is 1.99. The van der Waals surface area contributed by atoms with E-state index in [4.69, 9.17) is 0 Å². The van der Waals surface area contributed by atoms with Gasteiger partial charge in [0.2, 0.25) is 0 Å². The van der Waals surface area contributed by atoms with Gasteiger partial charge in [0.15, 0.2) is 0 Å². The van der Waals surface area contributed by atoms with E-state index < -0.39 is 0 Å². The molecule has 0 atom stereocenters. The average molecular weight is 239 g/mol. The summed E-state index contributed by atoms with van der Waals surface area (Å²) in [7, 11) is 0. The molecule has 18 heavy (non-hydrogen) atoms. The Kier molecular flexibility index (Phi) is 4.54. The van der Waals surface area contributed by atoms with Crippen molar-refractivity contribution in [3.63, 3.8) is 0 Å². The largest absolute Gasteiger partial charge is 0.314 e. The molecule has 0 fully saturated rings. The van der Waals surface area contributed by atoms with E-state index in [1.165, 1.54) is 16.3 Å². The maximum atomic E-state index is 3.41. The lowest BCUT2D eigenvalue weighted by atomic mass is 10.1. The number of hydrogen-bond acceptors (Lipinski definition) is 1. The molecule has 0 aromatic heterocycles. The fraction of sp³-hybridized carbons (Fsp3) is 0.294. The zero-order chi connectivity index (χ0) is 12.8. The molecule has 1 nitrogen and oxygen atoms in total. The molecule has 1 N–H and O–H groups in total. The first kappa shape index (κ1) is 12.8. The summed E-state index contributed by atoms with van der Waals surface area (Å²) >= 11 is 0. The van der Waals surface area contributed by atoms with Gasteiger partial charge >= 0.3 is 0 Å². The smallest absolute Gasteiger partial charge is 0.00105 e. The Morgan fingerprint density at radius 1 is 1.06 bits per heavy atom. The van der Waals surface area contributed by atoms with Crippen molar-refractivity contribution in [1.29, 1.82) is 0 Å². The topological polar surface area (TPSA) is 12.0 Å². The van der Waals surface area contributed by atoms with Crippen molar-refractivity contribution < 1.29 is 0 Å². The third-order valence-corrected chi connectivity index (χ3v) is 2.95. The summed E-state index contributed by atoms with van der Waals surface area (Å²) in [6, 6.07) is 15.6. The molecule has 0 bridgehead atoms. The van der Waals surface area contributed by atoms with E-state index in [-0.39, 0.29) is 0 Å². The first-order valence-corrected chi connectivity index (χ1v) is 6.64. The monoisotopic (exact) mass is 239 g/mol. The van der Waals surface area contributed by atoms with Crippen LogP contribution in [0.25, 0.3) is 16.8 Å². The molecule has 1 heteroatoms. The van der Waals surface area contributed by atoms with Crippen molar-refractivity contribution >= 4 is 16.8 Å². The average Bonchev–Trinajstić information content (AvgIpc) is 2.38. The SMILES string of the molecule is CC(C)NCCC=Cc1ccc2ccccc2c1. The number of nitrogens with one attached hydrogen (secondary N) is 1. The van der Waals surface area contributed by atoms with Gasteiger partial charge in [-0.25, -0.2) is 0 Å². The summed E-state index contributed by atoms with van der Waals surface area (Å²) in [5.41, 5.74) is 1.28. The Hall–Kier alpha value is -1.60. The van der Waals surface area contributed by atoms with Crippen LogP contribution in [0.3, 0.4) is 0 Å². The van der Waals surface area contributed by atoms with Crippen LogP contribution in [0.1, 0.15) is 25.8 Å². The lowest BCUT2D eigenvalue weighted by Gasteiger charge is -2.05. The van der Waals surface area contributed by atoms with Gasteiger partial charge in [-0.05, 0) is 35.4 Å². The van der Waals surface area contributed by atoms with Gasteiger partial charge in [-0.3, -0.25) is 0 Å². The summed E-state index contributed by atoms with van der Waals surface area (Å²) in [5, 5.41) is 6.02. The first-order valence-electron chi connectivity index (χ1n) is 6.64. The molecule has 2 aromatic rings. The van der Waals surface area contributed by atoms with Gasteiger partial charge < -0.3 is 5.32 Å². The number of benzene rings is 2. The highest BCUT2D eigenvalue weighted by atomic mass is 14.9. The van der Waals surface area contributed by atoms with Gasteiger partial charge in [0, 0.05) is 6.04 Å². The summed E-state index contributed by atoms with van der Waals surface area (Å²) in [4.78, 5) is 0. The molecule has 2 rings (SSSR count). The van der Waals surface area contributed by atoms with Gasteiger partial charge in [-0.1, -0.05) is 62.4 Å². The van der Waals surface area contributed by atoms with E-state index >= 15 is 0 Å². The fourth-order valence-electron chi connectivity index (χ4n) is 1.99. The molecule has 0 radical (unpaired) electrons. The van der Waals surface area contributed by atoms with Gasteiger partial charge in [-0.15, -0.1) is 0 Å². The van der Waals surface area contributed by atoms with Gasteiger partial charge in [0.05, 0.1) is 0 Å². The van der Waals surface area contributed by atoms with Crippen molar-refractivity contribution in [2.75, 3.05) is 6.54 Å². The minimum absolute atomic E-state index is 0.569. The summed E-state index contributed by atoms with van der Waals surface area (Å²) in [6.07, 6.45) is 5.51. The maximum absolute atomic E-state index is 3.41. The molecule has 0 unspecified atom stereocenters. The Balaban J connectivity index is 1.97. The Bertz CT molecular complexity index is 526. The molecule has 94 valence electrons. The molecule has 0 aliphatic heterocycles. The third-order valence-electron chi connectivity index (χ3n) is 2.95. The molecule has 0 heterocycles. The molecule has 0 saturated heterocycles. The number of rotatable bonds is 5. The highest BCUT2D eigenvalue weighted by Gasteiger charge is 1.93. The van der Waals surface area contributed by atoms with E-state index in [1.54, 1.807) is 0 Å². The van der Waals surface area contributed by atoms with Crippen LogP contribution in [-0.2, 0) is 0 Å². The molecule has 2 aromatic carbocycles. The van der Waals surface area contributed by atoms with Crippen molar-refractivity contribution in [1.82, 2.24) is 5.32 Å². The minimum atomic E-state index is 0.569. The van der Waals surface area contributed by atoms with Crippen molar-refractivity contribution in [3.05, 3.63) is 54.1 Å². The maximum Gasteiger partial charge on any atom is 0.00105 e. The Labute approximate surface area is 110 Å². The Morgan fingerprint density at radius 2 is 1.83 bits per heavy atom. The van der Waals surface area contributed by atoms with Crippen LogP contribution >= 0.6 is 0 Å².